The average Bonchev–Trinajstić information content (AvgIpc) is 3.12. The minimum Gasteiger partial charge on any atom is -0.468 e. The van der Waals surface area contributed by atoms with E-state index in [1.54, 1.807) is 6.07 Å². The van der Waals surface area contributed by atoms with Crippen LogP contribution in [0.5, 0.6) is 0 Å². The molecule has 1 aliphatic heterocycles. The van der Waals surface area contributed by atoms with Crippen LogP contribution in [0, 0.1) is 0 Å². The van der Waals surface area contributed by atoms with Crippen LogP contribution in [0.3, 0.4) is 0 Å². The number of methoxy groups -OCH3 is 1. The molecule has 1 aromatic heterocycles. The van der Waals surface area contributed by atoms with Crippen LogP contribution in [0.1, 0.15) is 22.0 Å². The molecule has 6 nitrogen and oxygen atoms in total. The highest BCUT2D eigenvalue weighted by atomic mass is 35.5. The lowest BCUT2D eigenvalue weighted by atomic mass is 10.0. The number of aromatic nitrogens is 1. The summed E-state index contributed by atoms with van der Waals surface area (Å²) < 4.78 is 7.02. The Balaban J connectivity index is 1.53. The number of nitrogens with zero attached hydrogens (tertiary/aromatic N) is 3. The van der Waals surface area contributed by atoms with E-state index in [1.807, 2.05) is 70.1 Å². The van der Waals surface area contributed by atoms with Gasteiger partial charge in [0.25, 0.3) is 5.91 Å². The Morgan fingerprint density at radius 1 is 1.00 bits per heavy atom. The van der Waals surface area contributed by atoms with Crippen molar-refractivity contribution in [3.8, 4) is 0 Å². The third-order valence-corrected chi connectivity index (χ3v) is 6.06. The van der Waals surface area contributed by atoms with E-state index in [4.69, 9.17) is 16.3 Å². The zero-order chi connectivity index (χ0) is 21.3. The number of halogens is 1. The number of aryl methyl sites for hydroxylation is 1. The highest BCUT2D eigenvalue weighted by Crippen LogP contribution is 2.30. The first-order valence-corrected chi connectivity index (χ1v) is 10.3. The van der Waals surface area contributed by atoms with E-state index in [2.05, 4.69) is 0 Å². The molecular weight excluding hydrogens is 402 g/mol. The quantitative estimate of drug-likeness (QED) is 0.600. The molecule has 2 heterocycles. The minimum absolute atomic E-state index is 0.0128. The largest absolute Gasteiger partial charge is 0.468 e. The molecule has 0 N–H and O–H groups in total. The molecule has 1 amide bonds. The summed E-state index contributed by atoms with van der Waals surface area (Å²) in [7, 11) is 3.33. The van der Waals surface area contributed by atoms with E-state index in [-0.39, 0.29) is 11.9 Å². The van der Waals surface area contributed by atoms with E-state index in [0.717, 1.165) is 16.5 Å². The lowest BCUT2D eigenvalue weighted by Gasteiger charge is -2.38. The van der Waals surface area contributed by atoms with E-state index >= 15 is 0 Å². The zero-order valence-electron chi connectivity index (χ0n) is 17.0. The first-order valence-electron chi connectivity index (χ1n) is 9.91. The van der Waals surface area contributed by atoms with Gasteiger partial charge < -0.3 is 14.2 Å². The fraction of sp³-hybridized carbons (Fsp3) is 0.304. The number of benzene rings is 2. The summed E-state index contributed by atoms with van der Waals surface area (Å²) in [5, 5.41) is 1.48. The molecule has 3 aromatic rings. The standard InChI is InChI=1S/C23H24ClN3O3/c1-25-15-18(16-7-4-6-10-20(16)25)22(28)27-13-11-26(12-14-27)21(23(29)30-2)17-8-3-5-9-19(17)24/h3-10,15,21H,11-14H2,1-2H3. The van der Waals surface area contributed by atoms with Crippen molar-refractivity contribution in [1.29, 1.82) is 0 Å². The molecule has 1 fully saturated rings. The average molecular weight is 426 g/mol. The zero-order valence-corrected chi connectivity index (χ0v) is 17.8. The summed E-state index contributed by atoms with van der Waals surface area (Å²) in [6.45, 7) is 2.17. The number of esters is 1. The number of ether oxygens (including phenoxy) is 1. The molecule has 1 atom stereocenters. The van der Waals surface area contributed by atoms with Crippen LogP contribution in [0.4, 0.5) is 0 Å². The Bertz CT molecular complexity index is 1090. The third-order valence-electron chi connectivity index (χ3n) is 5.72. The Labute approximate surface area is 180 Å². The van der Waals surface area contributed by atoms with Crippen molar-refractivity contribution in [3.05, 3.63) is 70.9 Å². The minimum atomic E-state index is -0.585. The second-order valence-corrected chi connectivity index (χ2v) is 7.85. The number of piperazine rings is 1. The van der Waals surface area contributed by atoms with Crippen LogP contribution in [-0.4, -0.2) is 59.5 Å². The highest BCUT2D eigenvalue weighted by Gasteiger charge is 2.34. The van der Waals surface area contributed by atoms with Crippen LogP contribution in [0.25, 0.3) is 10.9 Å². The van der Waals surface area contributed by atoms with Crippen LogP contribution >= 0.6 is 11.6 Å². The maximum absolute atomic E-state index is 13.2. The van der Waals surface area contributed by atoms with Crippen LogP contribution in [-0.2, 0) is 16.6 Å². The van der Waals surface area contributed by atoms with Gasteiger partial charge in [-0.2, -0.15) is 0 Å². The maximum atomic E-state index is 13.2. The summed E-state index contributed by atoms with van der Waals surface area (Å²) in [6.07, 6.45) is 1.89. The van der Waals surface area contributed by atoms with Crippen molar-refractivity contribution in [2.45, 2.75) is 6.04 Å². The Morgan fingerprint density at radius 3 is 2.37 bits per heavy atom. The second-order valence-electron chi connectivity index (χ2n) is 7.45. The number of hydrogen-bond acceptors (Lipinski definition) is 4. The lowest BCUT2D eigenvalue weighted by Crippen LogP contribution is -2.51. The monoisotopic (exact) mass is 425 g/mol. The first kappa shape index (κ1) is 20.4. The molecular formula is C23H24ClN3O3. The normalized spacial score (nSPS) is 15.9. The van der Waals surface area contributed by atoms with Gasteiger partial charge in [0.05, 0.1) is 12.7 Å². The molecule has 0 bridgehead atoms. The Hall–Kier alpha value is -2.83. The van der Waals surface area contributed by atoms with E-state index < -0.39 is 6.04 Å². The van der Waals surface area contributed by atoms with E-state index in [9.17, 15) is 9.59 Å². The molecule has 0 aliphatic carbocycles. The van der Waals surface area contributed by atoms with Gasteiger partial charge >= 0.3 is 5.97 Å². The van der Waals surface area contributed by atoms with Gasteiger partial charge in [-0.1, -0.05) is 48.0 Å². The molecule has 1 unspecified atom stereocenters. The molecule has 30 heavy (non-hydrogen) atoms. The van der Waals surface area contributed by atoms with Gasteiger partial charge in [0.2, 0.25) is 0 Å². The van der Waals surface area contributed by atoms with Gasteiger partial charge in [0, 0.05) is 55.3 Å². The lowest BCUT2D eigenvalue weighted by molar-refractivity contribution is -0.148. The molecule has 1 aliphatic rings. The summed E-state index contributed by atoms with van der Waals surface area (Å²) in [5.41, 5.74) is 2.46. The topological polar surface area (TPSA) is 54.8 Å². The molecule has 0 saturated carbocycles. The van der Waals surface area contributed by atoms with Crippen molar-refractivity contribution >= 4 is 34.4 Å². The van der Waals surface area contributed by atoms with Gasteiger partial charge in [-0.05, 0) is 17.7 Å². The fourth-order valence-corrected chi connectivity index (χ4v) is 4.39. The SMILES string of the molecule is COC(=O)C(c1ccccc1Cl)N1CCN(C(=O)c2cn(C)c3ccccc23)CC1. The van der Waals surface area contributed by atoms with Crippen LogP contribution in [0.15, 0.2) is 54.7 Å². The van der Waals surface area contributed by atoms with Crippen LogP contribution in [0.2, 0.25) is 5.02 Å². The summed E-state index contributed by atoms with van der Waals surface area (Å²) in [5.74, 6) is -0.337. The van der Waals surface area contributed by atoms with Crippen molar-refractivity contribution in [3.63, 3.8) is 0 Å². The van der Waals surface area contributed by atoms with Gasteiger partial charge in [-0.15, -0.1) is 0 Å². The van der Waals surface area contributed by atoms with Crippen molar-refractivity contribution in [2.24, 2.45) is 7.05 Å². The number of carbonyl (C=O) groups is 2. The predicted octanol–water partition coefficient (Wildman–Crippen LogP) is 3.50. The van der Waals surface area contributed by atoms with Crippen molar-refractivity contribution in [2.75, 3.05) is 33.3 Å². The predicted molar refractivity (Wildman–Crippen MR) is 117 cm³/mol. The molecule has 4 rings (SSSR count). The second kappa shape index (κ2) is 8.50. The first-order chi connectivity index (χ1) is 14.5. The van der Waals surface area contributed by atoms with Gasteiger partial charge in [-0.25, -0.2) is 4.79 Å². The van der Waals surface area contributed by atoms with Gasteiger partial charge in [-0.3, -0.25) is 9.69 Å². The number of rotatable bonds is 4. The van der Waals surface area contributed by atoms with Gasteiger partial charge in [0.15, 0.2) is 0 Å². The number of carbonyl (C=O) groups excluding carboxylic acids is 2. The number of fused-ring (bicyclic) bond motifs is 1. The summed E-state index contributed by atoms with van der Waals surface area (Å²) >= 11 is 6.35. The summed E-state index contributed by atoms with van der Waals surface area (Å²) in [6, 6.07) is 14.6. The van der Waals surface area contributed by atoms with Crippen molar-refractivity contribution < 1.29 is 14.3 Å². The van der Waals surface area contributed by atoms with Gasteiger partial charge in [0.1, 0.15) is 6.04 Å². The maximum Gasteiger partial charge on any atom is 0.327 e. The van der Waals surface area contributed by atoms with Crippen LogP contribution < -0.4 is 0 Å². The molecule has 0 radical (unpaired) electrons. The van der Waals surface area contributed by atoms with Crippen molar-refractivity contribution in [1.82, 2.24) is 14.4 Å². The number of para-hydroxylation sites is 1. The molecule has 0 spiro atoms. The molecule has 7 heteroatoms. The summed E-state index contributed by atoms with van der Waals surface area (Å²) in [4.78, 5) is 29.6. The molecule has 1 saturated heterocycles. The molecule has 2 aromatic carbocycles. The molecule has 156 valence electrons. The smallest absolute Gasteiger partial charge is 0.327 e. The van der Waals surface area contributed by atoms with E-state index in [0.29, 0.717) is 36.8 Å². The third kappa shape index (κ3) is 3.68. The fourth-order valence-electron chi connectivity index (χ4n) is 4.15. The number of amides is 1. The number of hydrogen-bond donors (Lipinski definition) is 0. The Morgan fingerprint density at radius 2 is 1.67 bits per heavy atom. The Kier molecular flexibility index (Phi) is 5.79. The highest BCUT2D eigenvalue weighted by molar-refractivity contribution is 6.31. The van der Waals surface area contributed by atoms with E-state index in [1.165, 1.54) is 7.11 Å².